The van der Waals surface area contributed by atoms with E-state index < -0.39 is 16.6 Å². The molecule has 5 heteroatoms. The van der Waals surface area contributed by atoms with Gasteiger partial charge in [0.1, 0.15) is 5.82 Å². The van der Waals surface area contributed by atoms with E-state index in [2.05, 4.69) is 0 Å². The van der Waals surface area contributed by atoms with Crippen LogP contribution in [0.2, 0.25) is 0 Å². The fourth-order valence-corrected chi connectivity index (χ4v) is 3.17. The first-order chi connectivity index (χ1) is 9.51. The zero-order chi connectivity index (χ0) is 14.7. The Morgan fingerprint density at radius 2 is 2.05 bits per heavy atom. The number of aryl methyl sites for hydroxylation is 1. The van der Waals surface area contributed by atoms with Crippen LogP contribution in [0.1, 0.15) is 16.7 Å². The maximum Gasteiger partial charge on any atom is 0.123 e. The highest BCUT2D eigenvalue weighted by atomic mass is 32.2. The molecule has 20 heavy (non-hydrogen) atoms. The molecular formula is C15H13FN2OS. The number of hydrogen-bond donors (Lipinski definition) is 1. The molecule has 0 aromatic heterocycles. The van der Waals surface area contributed by atoms with Gasteiger partial charge in [0.25, 0.3) is 0 Å². The second-order valence-corrected chi connectivity index (χ2v) is 5.86. The predicted molar refractivity (Wildman–Crippen MR) is 76.8 cm³/mol. The van der Waals surface area contributed by atoms with Gasteiger partial charge in [-0.05, 0) is 48.4 Å². The van der Waals surface area contributed by atoms with Crippen molar-refractivity contribution in [1.82, 2.24) is 0 Å². The number of nitrogens with zero attached hydrogens (tertiary/aromatic N) is 1. The number of halogens is 1. The predicted octanol–water partition coefficient (Wildman–Crippen LogP) is 2.90. The van der Waals surface area contributed by atoms with Gasteiger partial charge in [-0.1, -0.05) is 6.07 Å². The summed E-state index contributed by atoms with van der Waals surface area (Å²) in [6.07, 6.45) is 0. The van der Waals surface area contributed by atoms with E-state index >= 15 is 0 Å². The molecule has 2 aromatic rings. The summed E-state index contributed by atoms with van der Waals surface area (Å²) in [5, 5.41) is 9.00. The van der Waals surface area contributed by atoms with Crippen molar-refractivity contribution in [1.29, 1.82) is 5.26 Å². The Kier molecular flexibility index (Phi) is 4.16. The molecule has 2 N–H and O–H groups in total. The third-order valence-electron chi connectivity index (χ3n) is 2.89. The van der Waals surface area contributed by atoms with Crippen LogP contribution < -0.4 is 5.73 Å². The van der Waals surface area contributed by atoms with Crippen LogP contribution >= 0.6 is 0 Å². The van der Waals surface area contributed by atoms with E-state index in [9.17, 15) is 8.60 Å². The van der Waals surface area contributed by atoms with Crippen molar-refractivity contribution in [3.05, 3.63) is 58.9 Å². The van der Waals surface area contributed by atoms with Crippen molar-refractivity contribution in [3.63, 3.8) is 0 Å². The Bertz CT molecular complexity index is 722. The second-order valence-electron chi connectivity index (χ2n) is 4.44. The molecule has 0 saturated carbocycles. The first kappa shape index (κ1) is 14.2. The van der Waals surface area contributed by atoms with Crippen LogP contribution in [0.3, 0.4) is 0 Å². The molecule has 0 spiro atoms. The molecule has 1 atom stereocenters. The summed E-state index contributed by atoms with van der Waals surface area (Å²) < 4.78 is 25.6. The number of nitrogen functional groups attached to an aromatic ring is 1. The first-order valence-electron chi connectivity index (χ1n) is 5.94. The summed E-state index contributed by atoms with van der Waals surface area (Å²) in [6, 6.07) is 11.1. The zero-order valence-corrected chi connectivity index (χ0v) is 11.7. The van der Waals surface area contributed by atoms with Crippen molar-refractivity contribution in [2.45, 2.75) is 17.6 Å². The third kappa shape index (κ3) is 3.03. The van der Waals surface area contributed by atoms with Crippen molar-refractivity contribution < 1.29 is 8.60 Å². The molecule has 1 unspecified atom stereocenters. The minimum Gasteiger partial charge on any atom is -0.398 e. The highest BCUT2D eigenvalue weighted by Gasteiger charge is 2.12. The summed E-state index contributed by atoms with van der Waals surface area (Å²) in [6.45, 7) is 1.88. The lowest BCUT2D eigenvalue weighted by molar-refractivity contribution is 0.626. The van der Waals surface area contributed by atoms with Gasteiger partial charge >= 0.3 is 0 Å². The molecular weight excluding hydrogens is 275 g/mol. The fraction of sp³-hybridized carbons (Fsp3) is 0.133. The topological polar surface area (TPSA) is 66.9 Å². The van der Waals surface area contributed by atoms with Crippen molar-refractivity contribution >= 4 is 16.5 Å². The second kappa shape index (κ2) is 5.85. The lowest BCUT2D eigenvalue weighted by Gasteiger charge is -2.08. The van der Waals surface area contributed by atoms with Gasteiger partial charge in [-0.15, -0.1) is 0 Å². The zero-order valence-electron chi connectivity index (χ0n) is 10.9. The van der Waals surface area contributed by atoms with Crippen molar-refractivity contribution in [3.8, 4) is 6.07 Å². The Balaban J connectivity index is 2.35. The highest BCUT2D eigenvalue weighted by molar-refractivity contribution is 7.84. The van der Waals surface area contributed by atoms with Crippen molar-refractivity contribution in [2.75, 3.05) is 5.73 Å². The van der Waals surface area contributed by atoms with Gasteiger partial charge in [-0.25, -0.2) is 4.39 Å². The molecule has 2 rings (SSSR count). The first-order valence-corrected chi connectivity index (χ1v) is 7.26. The SMILES string of the molecule is Cc1ccc(N)c(S(=O)Cc2cc(F)ccc2C#N)c1. The van der Waals surface area contributed by atoms with Gasteiger partial charge in [0.15, 0.2) is 0 Å². The van der Waals surface area contributed by atoms with Crippen LogP contribution in [0, 0.1) is 24.1 Å². The summed E-state index contributed by atoms with van der Waals surface area (Å²) in [4.78, 5) is 0.512. The number of rotatable bonds is 3. The Hall–Kier alpha value is -2.19. The molecule has 0 fully saturated rings. The van der Waals surface area contributed by atoms with E-state index in [0.717, 1.165) is 5.56 Å². The monoisotopic (exact) mass is 288 g/mol. The standard InChI is InChI=1S/C15H13FN2OS/c1-10-2-5-14(18)15(6-10)20(19)9-12-7-13(16)4-3-11(12)8-17/h2-7H,9,18H2,1H3. The quantitative estimate of drug-likeness (QED) is 0.883. The summed E-state index contributed by atoms with van der Waals surface area (Å²) >= 11 is 0. The van der Waals surface area contributed by atoms with E-state index in [1.807, 2.05) is 19.1 Å². The van der Waals surface area contributed by atoms with Crippen LogP contribution in [-0.2, 0) is 16.6 Å². The van der Waals surface area contributed by atoms with Crippen LogP contribution in [0.5, 0.6) is 0 Å². The summed E-state index contributed by atoms with van der Waals surface area (Å²) in [5.41, 5.74) is 7.94. The Labute approximate surface area is 119 Å². The molecule has 0 aliphatic heterocycles. The lowest BCUT2D eigenvalue weighted by atomic mass is 10.1. The molecule has 0 saturated heterocycles. The number of benzene rings is 2. The maximum atomic E-state index is 13.2. The highest BCUT2D eigenvalue weighted by Crippen LogP contribution is 2.22. The number of hydrogen-bond acceptors (Lipinski definition) is 3. The van der Waals surface area contributed by atoms with E-state index in [1.54, 1.807) is 12.1 Å². The molecule has 0 aliphatic carbocycles. The minimum absolute atomic E-state index is 0.0638. The molecule has 2 aromatic carbocycles. The minimum atomic E-state index is -1.42. The average Bonchev–Trinajstić information content (AvgIpc) is 2.41. The van der Waals surface area contributed by atoms with E-state index in [-0.39, 0.29) is 5.75 Å². The van der Waals surface area contributed by atoms with Gasteiger partial charge in [0.05, 0.1) is 33.1 Å². The maximum absolute atomic E-state index is 13.2. The van der Waals surface area contributed by atoms with E-state index in [1.165, 1.54) is 18.2 Å². The van der Waals surface area contributed by atoms with Crippen LogP contribution in [-0.4, -0.2) is 4.21 Å². The fourth-order valence-electron chi connectivity index (χ4n) is 1.85. The van der Waals surface area contributed by atoms with E-state index in [4.69, 9.17) is 11.0 Å². The smallest absolute Gasteiger partial charge is 0.123 e. The molecule has 0 bridgehead atoms. The Morgan fingerprint density at radius 1 is 1.30 bits per heavy atom. The molecule has 0 amide bonds. The number of anilines is 1. The number of nitriles is 1. The van der Waals surface area contributed by atoms with E-state index in [0.29, 0.717) is 21.7 Å². The molecule has 0 aliphatic rings. The largest absolute Gasteiger partial charge is 0.398 e. The third-order valence-corrected chi connectivity index (χ3v) is 4.31. The van der Waals surface area contributed by atoms with Gasteiger partial charge in [-0.2, -0.15) is 5.26 Å². The molecule has 0 radical (unpaired) electrons. The van der Waals surface area contributed by atoms with Gasteiger partial charge in [0, 0.05) is 5.69 Å². The molecule has 0 heterocycles. The normalized spacial score (nSPS) is 11.8. The van der Waals surface area contributed by atoms with Crippen LogP contribution in [0.15, 0.2) is 41.3 Å². The lowest BCUT2D eigenvalue weighted by Crippen LogP contribution is -2.03. The van der Waals surface area contributed by atoms with Gasteiger partial charge < -0.3 is 5.73 Å². The summed E-state index contributed by atoms with van der Waals surface area (Å²) in [7, 11) is -1.42. The van der Waals surface area contributed by atoms with Crippen LogP contribution in [0.25, 0.3) is 0 Å². The van der Waals surface area contributed by atoms with Gasteiger partial charge in [-0.3, -0.25) is 4.21 Å². The van der Waals surface area contributed by atoms with Gasteiger partial charge in [0.2, 0.25) is 0 Å². The molecule has 3 nitrogen and oxygen atoms in total. The average molecular weight is 288 g/mol. The molecule has 102 valence electrons. The summed E-state index contributed by atoms with van der Waals surface area (Å²) in [5.74, 6) is -0.387. The van der Waals surface area contributed by atoms with Crippen LogP contribution in [0.4, 0.5) is 10.1 Å². The number of nitrogens with two attached hydrogens (primary N) is 1. The van der Waals surface area contributed by atoms with Crippen molar-refractivity contribution in [2.24, 2.45) is 0 Å². The Morgan fingerprint density at radius 3 is 2.75 bits per heavy atom.